The van der Waals surface area contributed by atoms with Crippen molar-refractivity contribution in [1.82, 2.24) is 0 Å². The number of rotatable bonds is 3. The average molecular weight is 293 g/mol. The minimum atomic E-state index is 0.548. The fourth-order valence-electron chi connectivity index (χ4n) is 1.27. The summed E-state index contributed by atoms with van der Waals surface area (Å²) >= 11 is 19.4. The molecule has 0 aliphatic rings. The van der Waals surface area contributed by atoms with Gasteiger partial charge in [0.1, 0.15) is 0 Å². The topological polar surface area (TPSA) is 12.0 Å². The number of nitrogens with one attached hydrogen (secondary N) is 1. The van der Waals surface area contributed by atoms with Gasteiger partial charge in [0, 0.05) is 16.8 Å². The maximum atomic E-state index is 6.05. The van der Waals surface area contributed by atoms with Crippen LogP contribution in [0, 0.1) is 0 Å². The van der Waals surface area contributed by atoms with E-state index < -0.39 is 0 Å². The highest BCUT2D eigenvalue weighted by atomic mass is 35.5. The standard InChI is InChI=1S/C11H8Cl3NS/c12-7-4-8(16-6-7)5-15-10-3-1-2-9(13)11(10)14/h1-4,6,15H,5H2. The summed E-state index contributed by atoms with van der Waals surface area (Å²) < 4.78 is 0. The summed E-state index contributed by atoms with van der Waals surface area (Å²) in [5.74, 6) is 0. The second-order valence-corrected chi connectivity index (χ2v) is 5.40. The Morgan fingerprint density at radius 1 is 1.19 bits per heavy atom. The van der Waals surface area contributed by atoms with Crippen molar-refractivity contribution in [3.05, 3.63) is 49.6 Å². The molecule has 0 fully saturated rings. The van der Waals surface area contributed by atoms with Crippen molar-refractivity contribution in [1.29, 1.82) is 0 Å². The number of anilines is 1. The van der Waals surface area contributed by atoms with E-state index in [4.69, 9.17) is 34.8 Å². The zero-order valence-electron chi connectivity index (χ0n) is 8.14. The molecular weight excluding hydrogens is 285 g/mol. The highest BCUT2D eigenvalue weighted by Gasteiger charge is 2.04. The van der Waals surface area contributed by atoms with Gasteiger partial charge < -0.3 is 5.32 Å². The molecule has 84 valence electrons. The zero-order chi connectivity index (χ0) is 11.5. The van der Waals surface area contributed by atoms with Crippen LogP contribution in [0.25, 0.3) is 0 Å². The molecule has 1 heterocycles. The van der Waals surface area contributed by atoms with Crippen LogP contribution in [0.2, 0.25) is 15.1 Å². The molecule has 0 unspecified atom stereocenters. The first kappa shape index (κ1) is 12.1. The maximum absolute atomic E-state index is 6.05. The molecule has 0 saturated heterocycles. The van der Waals surface area contributed by atoms with Gasteiger partial charge in [0.05, 0.1) is 20.8 Å². The van der Waals surface area contributed by atoms with Gasteiger partial charge in [-0.1, -0.05) is 40.9 Å². The van der Waals surface area contributed by atoms with Crippen molar-refractivity contribution in [3.63, 3.8) is 0 Å². The molecule has 16 heavy (non-hydrogen) atoms. The Morgan fingerprint density at radius 3 is 2.69 bits per heavy atom. The summed E-state index contributed by atoms with van der Waals surface area (Å²) in [4.78, 5) is 1.15. The molecule has 0 saturated carbocycles. The fraction of sp³-hybridized carbons (Fsp3) is 0.0909. The molecule has 1 N–H and O–H groups in total. The van der Waals surface area contributed by atoms with Crippen molar-refractivity contribution < 1.29 is 0 Å². The summed E-state index contributed by atoms with van der Waals surface area (Å²) in [6, 6.07) is 7.44. The summed E-state index contributed by atoms with van der Waals surface area (Å²) in [7, 11) is 0. The Kier molecular flexibility index (Phi) is 3.98. The van der Waals surface area contributed by atoms with E-state index in [1.165, 1.54) is 0 Å². The van der Waals surface area contributed by atoms with E-state index in [-0.39, 0.29) is 0 Å². The van der Waals surface area contributed by atoms with Crippen molar-refractivity contribution in [3.8, 4) is 0 Å². The SMILES string of the molecule is Clc1csc(CNc2cccc(Cl)c2Cl)c1. The molecule has 0 aliphatic carbocycles. The van der Waals surface area contributed by atoms with Crippen molar-refractivity contribution in [2.24, 2.45) is 0 Å². The third-order valence-corrected chi connectivity index (χ3v) is 4.13. The average Bonchev–Trinajstić information content (AvgIpc) is 2.67. The normalized spacial score (nSPS) is 10.4. The highest BCUT2D eigenvalue weighted by molar-refractivity contribution is 7.10. The first-order chi connectivity index (χ1) is 7.66. The predicted octanol–water partition coefficient (Wildman–Crippen LogP) is 5.32. The smallest absolute Gasteiger partial charge is 0.0823 e. The molecular formula is C11H8Cl3NS. The van der Waals surface area contributed by atoms with Gasteiger partial charge in [-0.3, -0.25) is 0 Å². The van der Waals surface area contributed by atoms with Crippen LogP contribution in [0.1, 0.15) is 4.88 Å². The van der Waals surface area contributed by atoms with E-state index in [2.05, 4.69) is 5.32 Å². The summed E-state index contributed by atoms with van der Waals surface area (Å²) in [6.07, 6.45) is 0. The second-order valence-electron chi connectivity index (χ2n) is 3.19. The van der Waals surface area contributed by atoms with Gasteiger partial charge in [-0.05, 0) is 18.2 Å². The molecule has 0 spiro atoms. The summed E-state index contributed by atoms with van der Waals surface area (Å²) in [5, 5.41) is 6.98. The Morgan fingerprint density at radius 2 is 2.00 bits per heavy atom. The monoisotopic (exact) mass is 291 g/mol. The molecule has 2 aromatic rings. The zero-order valence-corrected chi connectivity index (χ0v) is 11.2. The van der Waals surface area contributed by atoms with Crippen LogP contribution in [-0.2, 0) is 6.54 Å². The largest absolute Gasteiger partial charge is 0.379 e. The van der Waals surface area contributed by atoms with E-state index in [1.807, 2.05) is 23.6 Å². The molecule has 1 aromatic heterocycles. The van der Waals surface area contributed by atoms with Crippen LogP contribution in [0.15, 0.2) is 29.6 Å². The minimum absolute atomic E-state index is 0.548. The van der Waals surface area contributed by atoms with Crippen molar-refractivity contribution >= 4 is 51.8 Å². The van der Waals surface area contributed by atoms with Gasteiger partial charge in [0.2, 0.25) is 0 Å². The van der Waals surface area contributed by atoms with Crippen LogP contribution in [0.4, 0.5) is 5.69 Å². The van der Waals surface area contributed by atoms with Gasteiger partial charge >= 0.3 is 0 Å². The number of hydrogen-bond donors (Lipinski definition) is 1. The lowest BCUT2D eigenvalue weighted by Crippen LogP contribution is -1.97. The van der Waals surface area contributed by atoms with E-state index in [1.54, 1.807) is 17.4 Å². The van der Waals surface area contributed by atoms with E-state index in [0.717, 1.165) is 15.6 Å². The predicted molar refractivity (Wildman–Crippen MR) is 73.1 cm³/mol. The Hall–Kier alpha value is -0.410. The van der Waals surface area contributed by atoms with Gasteiger partial charge in [0.25, 0.3) is 0 Å². The first-order valence-corrected chi connectivity index (χ1v) is 6.59. The Bertz CT molecular complexity index is 496. The quantitative estimate of drug-likeness (QED) is 0.807. The number of thiophene rings is 1. The Labute approximate surface area is 113 Å². The van der Waals surface area contributed by atoms with Crippen molar-refractivity contribution in [2.45, 2.75) is 6.54 Å². The van der Waals surface area contributed by atoms with Crippen LogP contribution in [-0.4, -0.2) is 0 Å². The van der Waals surface area contributed by atoms with Gasteiger partial charge in [0.15, 0.2) is 0 Å². The van der Waals surface area contributed by atoms with E-state index >= 15 is 0 Å². The minimum Gasteiger partial charge on any atom is -0.379 e. The molecule has 1 nitrogen and oxygen atoms in total. The fourth-order valence-corrected chi connectivity index (χ4v) is 2.65. The maximum Gasteiger partial charge on any atom is 0.0823 e. The third-order valence-electron chi connectivity index (χ3n) is 2.03. The molecule has 1 aromatic carbocycles. The number of hydrogen-bond acceptors (Lipinski definition) is 2. The first-order valence-electron chi connectivity index (χ1n) is 4.57. The summed E-state index contributed by atoms with van der Waals surface area (Å²) in [6.45, 7) is 0.692. The molecule has 0 amide bonds. The lowest BCUT2D eigenvalue weighted by molar-refractivity contribution is 1.19. The van der Waals surface area contributed by atoms with Crippen LogP contribution in [0.5, 0.6) is 0 Å². The third kappa shape index (κ3) is 2.83. The molecule has 0 radical (unpaired) electrons. The molecule has 0 bridgehead atoms. The Balaban J connectivity index is 2.07. The van der Waals surface area contributed by atoms with Crippen molar-refractivity contribution in [2.75, 3.05) is 5.32 Å². The molecule has 5 heteroatoms. The van der Waals surface area contributed by atoms with Gasteiger partial charge in [-0.25, -0.2) is 0 Å². The molecule has 0 aliphatic heterocycles. The lowest BCUT2D eigenvalue weighted by Gasteiger charge is -2.07. The van der Waals surface area contributed by atoms with Gasteiger partial charge in [-0.2, -0.15) is 0 Å². The van der Waals surface area contributed by atoms with Crippen LogP contribution >= 0.6 is 46.1 Å². The number of halogens is 3. The molecule has 2 rings (SSSR count). The second kappa shape index (κ2) is 5.28. The highest BCUT2D eigenvalue weighted by Crippen LogP contribution is 2.30. The summed E-state index contributed by atoms with van der Waals surface area (Å²) in [5.41, 5.74) is 0.832. The van der Waals surface area contributed by atoms with E-state index in [0.29, 0.717) is 16.6 Å². The number of benzene rings is 1. The lowest BCUT2D eigenvalue weighted by atomic mass is 10.3. The van der Waals surface area contributed by atoms with E-state index in [9.17, 15) is 0 Å². The van der Waals surface area contributed by atoms with Gasteiger partial charge in [-0.15, -0.1) is 11.3 Å². The van der Waals surface area contributed by atoms with Crippen LogP contribution < -0.4 is 5.32 Å². The molecule has 0 atom stereocenters. The van der Waals surface area contributed by atoms with Crippen LogP contribution in [0.3, 0.4) is 0 Å².